The zero-order chi connectivity index (χ0) is 13.4. The Morgan fingerprint density at radius 1 is 1.53 bits per heavy atom. The molecule has 0 spiro atoms. The maximum Gasteiger partial charge on any atom is 0.366 e. The Hall–Kier alpha value is -1.55. The van der Waals surface area contributed by atoms with E-state index in [9.17, 15) is 27.3 Å². The first-order chi connectivity index (χ1) is 7.64. The molecule has 1 aromatic heterocycles. The molecule has 0 fully saturated rings. The summed E-state index contributed by atoms with van der Waals surface area (Å²) in [6, 6.07) is 0.543. The topological polar surface area (TPSA) is 116 Å². The van der Waals surface area contributed by atoms with Crippen molar-refractivity contribution >= 4 is 31.2 Å². The molecule has 0 amide bonds. The van der Waals surface area contributed by atoms with E-state index < -0.39 is 42.5 Å². The van der Waals surface area contributed by atoms with Crippen LogP contribution < -0.4 is 5.73 Å². The molecule has 17 heavy (non-hydrogen) atoms. The molecule has 1 aromatic rings. The molecule has 0 aromatic carbocycles. The van der Waals surface area contributed by atoms with E-state index in [-0.39, 0.29) is 0 Å². The SMILES string of the molecule is Nc1cc([N+](=O)[O-])nc(C(F)F)c1S(=O)(=O)Cl. The molecule has 0 aliphatic heterocycles. The molecule has 11 heteroatoms. The van der Waals surface area contributed by atoms with Gasteiger partial charge in [0.1, 0.15) is 0 Å². The van der Waals surface area contributed by atoms with Gasteiger partial charge in [-0.2, -0.15) is 0 Å². The van der Waals surface area contributed by atoms with Crippen LogP contribution in [0, 0.1) is 10.1 Å². The Kier molecular flexibility index (Phi) is 3.48. The van der Waals surface area contributed by atoms with E-state index in [1.54, 1.807) is 0 Å². The Balaban J connectivity index is 3.67. The van der Waals surface area contributed by atoms with Crippen molar-refractivity contribution in [3.63, 3.8) is 0 Å². The molecule has 1 rings (SSSR count). The minimum Gasteiger partial charge on any atom is -0.397 e. The molecule has 0 saturated heterocycles. The van der Waals surface area contributed by atoms with E-state index in [4.69, 9.17) is 16.4 Å². The highest BCUT2D eigenvalue weighted by molar-refractivity contribution is 8.13. The molecular formula is C6H4ClF2N3O4S. The number of nitrogen functional groups attached to an aromatic ring is 1. The van der Waals surface area contributed by atoms with Crippen LogP contribution in [0.2, 0.25) is 0 Å². The fourth-order valence-electron chi connectivity index (χ4n) is 1.07. The summed E-state index contributed by atoms with van der Waals surface area (Å²) >= 11 is 0. The Labute approximate surface area is 97.8 Å². The van der Waals surface area contributed by atoms with Crippen molar-refractivity contribution in [1.29, 1.82) is 0 Å². The Bertz CT molecular complexity index is 577. The summed E-state index contributed by atoms with van der Waals surface area (Å²) < 4.78 is 47.0. The summed E-state index contributed by atoms with van der Waals surface area (Å²) in [7, 11) is 0.325. The van der Waals surface area contributed by atoms with Gasteiger partial charge in [0, 0.05) is 10.7 Å². The molecule has 0 saturated carbocycles. The third-order valence-corrected chi connectivity index (χ3v) is 3.05. The first-order valence-corrected chi connectivity index (χ1v) is 6.13. The monoisotopic (exact) mass is 287 g/mol. The summed E-state index contributed by atoms with van der Waals surface area (Å²) in [5, 5.41) is 10.3. The van der Waals surface area contributed by atoms with Gasteiger partial charge in [0.05, 0.1) is 11.8 Å². The smallest absolute Gasteiger partial charge is 0.366 e. The standard InChI is InChI=1S/C6H4ClF2N3O4S/c7-17(15,16)5-2(10)1-3(12(13)14)11-4(5)6(8)9/h1,6H,(H2,10,11). The lowest BCUT2D eigenvalue weighted by atomic mass is 10.3. The van der Waals surface area contributed by atoms with Gasteiger partial charge in [-0.15, -0.1) is 0 Å². The maximum absolute atomic E-state index is 12.5. The molecular weight excluding hydrogens is 284 g/mol. The van der Waals surface area contributed by atoms with Gasteiger partial charge >= 0.3 is 12.2 Å². The molecule has 94 valence electrons. The Morgan fingerprint density at radius 2 is 2.06 bits per heavy atom. The molecule has 1 heterocycles. The van der Waals surface area contributed by atoms with Crippen LogP contribution in [0.25, 0.3) is 0 Å². The third-order valence-electron chi connectivity index (χ3n) is 1.65. The largest absolute Gasteiger partial charge is 0.397 e. The second kappa shape index (κ2) is 4.37. The van der Waals surface area contributed by atoms with E-state index >= 15 is 0 Å². The molecule has 0 aliphatic carbocycles. The lowest BCUT2D eigenvalue weighted by Gasteiger charge is -2.04. The number of hydrogen-bond acceptors (Lipinski definition) is 6. The lowest BCUT2D eigenvalue weighted by molar-refractivity contribution is -0.389. The average Bonchev–Trinajstić information content (AvgIpc) is 2.13. The van der Waals surface area contributed by atoms with Gasteiger partial charge in [-0.05, 0) is 9.91 Å². The van der Waals surface area contributed by atoms with Crippen molar-refractivity contribution < 1.29 is 22.1 Å². The van der Waals surface area contributed by atoms with Crippen LogP contribution in [0.5, 0.6) is 0 Å². The number of nitrogens with two attached hydrogens (primary N) is 1. The first kappa shape index (κ1) is 13.5. The molecule has 2 N–H and O–H groups in total. The predicted octanol–water partition coefficient (Wildman–Crippen LogP) is 1.44. The maximum atomic E-state index is 12.5. The highest BCUT2D eigenvalue weighted by Gasteiger charge is 2.33. The number of nitrogens with zero attached hydrogens (tertiary/aromatic N) is 2. The zero-order valence-electron chi connectivity index (χ0n) is 7.80. The number of pyridine rings is 1. The van der Waals surface area contributed by atoms with Gasteiger partial charge < -0.3 is 15.8 Å². The van der Waals surface area contributed by atoms with Crippen molar-refractivity contribution in [2.75, 3.05) is 5.73 Å². The van der Waals surface area contributed by atoms with Crippen molar-refractivity contribution in [2.24, 2.45) is 0 Å². The number of anilines is 1. The number of alkyl halides is 2. The zero-order valence-corrected chi connectivity index (χ0v) is 9.37. The number of rotatable bonds is 3. The second-order valence-corrected chi connectivity index (χ2v) is 5.28. The summed E-state index contributed by atoms with van der Waals surface area (Å²) in [6.45, 7) is 0. The van der Waals surface area contributed by atoms with Crippen molar-refractivity contribution in [3.05, 3.63) is 21.9 Å². The molecule has 0 radical (unpaired) electrons. The van der Waals surface area contributed by atoms with Crippen LogP contribution in [0.15, 0.2) is 11.0 Å². The normalized spacial score (nSPS) is 11.8. The highest BCUT2D eigenvalue weighted by Crippen LogP contribution is 2.33. The van der Waals surface area contributed by atoms with E-state index in [0.29, 0.717) is 6.07 Å². The molecule has 7 nitrogen and oxygen atoms in total. The third kappa shape index (κ3) is 2.77. The van der Waals surface area contributed by atoms with Crippen LogP contribution in [-0.4, -0.2) is 18.3 Å². The second-order valence-electron chi connectivity index (χ2n) is 2.78. The summed E-state index contributed by atoms with van der Waals surface area (Å²) in [5.74, 6) is -0.984. The molecule has 0 atom stereocenters. The lowest BCUT2D eigenvalue weighted by Crippen LogP contribution is -2.08. The van der Waals surface area contributed by atoms with Gasteiger partial charge in [-0.1, -0.05) is 0 Å². The quantitative estimate of drug-likeness (QED) is 0.511. The predicted molar refractivity (Wildman–Crippen MR) is 53.3 cm³/mol. The number of aromatic nitrogens is 1. The van der Waals surface area contributed by atoms with E-state index in [1.165, 1.54) is 0 Å². The van der Waals surface area contributed by atoms with Crippen LogP contribution in [0.1, 0.15) is 12.1 Å². The number of halogens is 3. The summed E-state index contributed by atoms with van der Waals surface area (Å²) in [4.78, 5) is 11.1. The van der Waals surface area contributed by atoms with E-state index in [2.05, 4.69) is 4.98 Å². The van der Waals surface area contributed by atoms with Crippen molar-refractivity contribution in [3.8, 4) is 0 Å². The minimum absolute atomic E-state index is 0.543. The molecule has 0 bridgehead atoms. The molecule has 0 unspecified atom stereocenters. The van der Waals surface area contributed by atoms with Crippen molar-refractivity contribution in [1.82, 2.24) is 4.98 Å². The number of nitro groups is 1. The van der Waals surface area contributed by atoms with Gasteiger partial charge in [0.15, 0.2) is 4.90 Å². The van der Waals surface area contributed by atoms with E-state index in [0.717, 1.165) is 0 Å². The fourth-order valence-corrected chi connectivity index (χ4v) is 2.30. The van der Waals surface area contributed by atoms with E-state index in [1.807, 2.05) is 0 Å². The number of hydrogen-bond donors (Lipinski definition) is 1. The van der Waals surface area contributed by atoms with Gasteiger partial charge in [0.25, 0.3) is 9.05 Å². The summed E-state index contributed by atoms with van der Waals surface area (Å²) in [5.41, 5.74) is 3.05. The Morgan fingerprint density at radius 3 is 2.41 bits per heavy atom. The van der Waals surface area contributed by atoms with Gasteiger partial charge in [-0.3, -0.25) is 0 Å². The van der Waals surface area contributed by atoms with Crippen LogP contribution in [0.4, 0.5) is 20.3 Å². The average molecular weight is 288 g/mol. The van der Waals surface area contributed by atoms with Crippen molar-refractivity contribution in [2.45, 2.75) is 11.3 Å². The van der Waals surface area contributed by atoms with Crippen LogP contribution in [0.3, 0.4) is 0 Å². The fraction of sp³-hybridized carbons (Fsp3) is 0.167. The van der Waals surface area contributed by atoms with Crippen LogP contribution >= 0.6 is 10.7 Å². The minimum atomic E-state index is -4.57. The van der Waals surface area contributed by atoms with Crippen LogP contribution in [-0.2, 0) is 9.05 Å². The molecule has 0 aliphatic rings. The summed E-state index contributed by atoms with van der Waals surface area (Å²) in [6.07, 6.45) is -3.36. The van der Waals surface area contributed by atoms with Gasteiger partial charge in [0.2, 0.25) is 5.69 Å². The highest BCUT2D eigenvalue weighted by atomic mass is 35.7. The first-order valence-electron chi connectivity index (χ1n) is 3.82. The van der Waals surface area contributed by atoms with Gasteiger partial charge in [-0.25, -0.2) is 17.2 Å².